The Morgan fingerprint density at radius 2 is 1.58 bits per heavy atom. The van der Waals surface area contributed by atoms with Crippen LogP contribution < -0.4 is 0 Å². The fourth-order valence-electron chi connectivity index (χ4n) is 4.76. The van der Waals surface area contributed by atoms with Crippen molar-refractivity contribution in [2.75, 3.05) is 6.54 Å². The fourth-order valence-corrected chi connectivity index (χ4v) is 4.76. The maximum Gasteiger partial charge on any atom is 0.242 e. The number of carbonyl (C=O) groups excluding carboxylic acids is 2. The standard InChI is InChI=1S/C26H35N3O2/c1-2-25(30)29(22-12-7-4-8-13-22)20-26(31)28(23-15-16-23)19-24-14-9-17-27(24)18-21-10-5-3-6-11-21/h3,5-6,9-11,14,17,22-23H,2,4,7-8,12-13,15-16,18-20H2,1H3. The average molecular weight is 422 g/mol. The Balaban J connectivity index is 1.46. The van der Waals surface area contributed by atoms with Gasteiger partial charge in [-0.3, -0.25) is 9.59 Å². The monoisotopic (exact) mass is 421 g/mol. The van der Waals surface area contributed by atoms with Crippen molar-refractivity contribution in [1.29, 1.82) is 0 Å². The average Bonchev–Trinajstić information content (AvgIpc) is 3.56. The van der Waals surface area contributed by atoms with Crippen LogP contribution >= 0.6 is 0 Å². The number of hydrogen-bond donors (Lipinski definition) is 0. The van der Waals surface area contributed by atoms with Crippen molar-refractivity contribution < 1.29 is 9.59 Å². The normalized spacial score (nSPS) is 16.8. The number of amides is 2. The summed E-state index contributed by atoms with van der Waals surface area (Å²) >= 11 is 0. The third kappa shape index (κ3) is 5.57. The van der Waals surface area contributed by atoms with E-state index >= 15 is 0 Å². The van der Waals surface area contributed by atoms with Crippen LogP contribution in [-0.4, -0.2) is 44.8 Å². The van der Waals surface area contributed by atoms with E-state index < -0.39 is 0 Å². The first-order valence-corrected chi connectivity index (χ1v) is 11.9. The quantitative estimate of drug-likeness (QED) is 0.594. The van der Waals surface area contributed by atoms with Gasteiger partial charge in [0.15, 0.2) is 0 Å². The minimum atomic E-state index is 0.0994. The molecule has 2 saturated carbocycles. The van der Waals surface area contributed by atoms with Crippen molar-refractivity contribution in [3.8, 4) is 0 Å². The van der Waals surface area contributed by atoms with Crippen molar-refractivity contribution in [1.82, 2.24) is 14.4 Å². The summed E-state index contributed by atoms with van der Waals surface area (Å²) in [6, 6.07) is 15.1. The molecular formula is C26H35N3O2. The zero-order valence-electron chi connectivity index (χ0n) is 18.7. The molecule has 1 aromatic heterocycles. The van der Waals surface area contributed by atoms with Gasteiger partial charge in [0.25, 0.3) is 0 Å². The smallest absolute Gasteiger partial charge is 0.242 e. The molecule has 0 aliphatic heterocycles. The van der Waals surface area contributed by atoms with E-state index in [0.717, 1.165) is 50.8 Å². The summed E-state index contributed by atoms with van der Waals surface area (Å²) in [5.41, 5.74) is 2.40. The summed E-state index contributed by atoms with van der Waals surface area (Å²) in [7, 11) is 0. The Hall–Kier alpha value is -2.56. The van der Waals surface area contributed by atoms with Crippen LogP contribution in [0.3, 0.4) is 0 Å². The van der Waals surface area contributed by atoms with E-state index in [1.54, 1.807) is 0 Å². The molecule has 4 rings (SSSR count). The highest BCUT2D eigenvalue weighted by Crippen LogP contribution is 2.30. The van der Waals surface area contributed by atoms with Crippen molar-refractivity contribution in [2.45, 2.75) is 83.5 Å². The molecule has 5 nitrogen and oxygen atoms in total. The predicted octanol–water partition coefficient (Wildman–Crippen LogP) is 4.60. The molecule has 166 valence electrons. The second-order valence-electron chi connectivity index (χ2n) is 9.03. The summed E-state index contributed by atoms with van der Waals surface area (Å²) in [5, 5.41) is 0. The molecule has 1 heterocycles. The second kappa shape index (κ2) is 10.2. The van der Waals surface area contributed by atoms with Crippen molar-refractivity contribution in [3.63, 3.8) is 0 Å². The molecule has 0 saturated heterocycles. The highest BCUT2D eigenvalue weighted by atomic mass is 16.2. The highest BCUT2D eigenvalue weighted by molar-refractivity contribution is 5.85. The topological polar surface area (TPSA) is 45.6 Å². The molecular weight excluding hydrogens is 386 g/mol. The van der Waals surface area contributed by atoms with Crippen LogP contribution in [-0.2, 0) is 22.7 Å². The van der Waals surface area contributed by atoms with Crippen molar-refractivity contribution in [3.05, 3.63) is 59.9 Å². The number of hydrogen-bond acceptors (Lipinski definition) is 2. The van der Waals surface area contributed by atoms with E-state index in [0.29, 0.717) is 19.0 Å². The first kappa shape index (κ1) is 21.7. The molecule has 31 heavy (non-hydrogen) atoms. The number of nitrogens with zero attached hydrogens (tertiary/aromatic N) is 3. The van der Waals surface area contributed by atoms with Gasteiger partial charge in [0.2, 0.25) is 11.8 Å². The van der Waals surface area contributed by atoms with Gasteiger partial charge in [-0.1, -0.05) is 56.5 Å². The fraction of sp³-hybridized carbons (Fsp3) is 0.538. The van der Waals surface area contributed by atoms with E-state index in [4.69, 9.17) is 0 Å². The molecule has 0 N–H and O–H groups in total. The molecule has 0 bridgehead atoms. The Bertz CT molecular complexity index is 866. The zero-order valence-corrected chi connectivity index (χ0v) is 18.7. The minimum Gasteiger partial charge on any atom is -0.345 e. The third-order valence-corrected chi connectivity index (χ3v) is 6.70. The van der Waals surface area contributed by atoms with E-state index in [9.17, 15) is 9.59 Å². The number of carbonyl (C=O) groups is 2. The van der Waals surface area contributed by atoms with E-state index in [-0.39, 0.29) is 24.4 Å². The molecule has 1 aromatic carbocycles. The molecule has 5 heteroatoms. The molecule has 2 fully saturated rings. The first-order valence-electron chi connectivity index (χ1n) is 11.9. The van der Waals surface area contributed by atoms with Gasteiger partial charge >= 0.3 is 0 Å². The third-order valence-electron chi connectivity index (χ3n) is 6.70. The molecule has 0 spiro atoms. The molecule has 2 aliphatic carbocycles. The summed E-state index contributed by atoms with van der Waals surface area (Å²) in [6.45, 7) is 3.55. The van der Waals surface area contributed by atoms with E-state index in [1.807, 2.05) is 22.8 Å². The molecule has 0 atom stereocenters. The Morgan fingerprint density at radius 3 is 2.26 bits per heavy atom. The largest absolute Gasteiger partial charge is 0.345 e. The molecule has 2 aliphatic rings. The van der Waals surface area contributed by atoms with Gasteiger partial charge in [0.05, 0.1) is 6.54 Å². The SMILES string of the molecule is CCC(=O)N(CC(=O)N(Cc1cccn1Cc1ccccc1)C1CC1)C1CCCCC1. The van der Waals surface area contributed by atoms with Crippen LogP contribution in [0.15, 0.2) is 48.7 Å². The summed E-state index contributed by atoms with van der Waals surface area (Å²) in [5.74, 6) is 0.214. The zero-order chi connectivity index (χ0) is 21.6. The molecule has 2 amide bonds. The number of rotatable bonds is 9. The van der Waals surface area contributed by atoms with Gasteiger partial charge in [-0.15, -0.1) is 0 Å². The minimum absolute atomic E-state index is 0.0994. The van der Waals surface area contributed by atoms with Crippen LogP contribution in [0.2, 0.25) is 0 Å². The predicted molar refractivity (Wildman–Crippen MR) is 122 cm³/mol. The van der Waals surface area contributed by atoms with Gasteiger partial charge in [0, 0.05) is 36.9 Å². The van der Waals surface area contributed by atoms with Gasteiger partial charge in [-0.05, 0) is 43.4 Å². The van der Waals surface area contributed by atoms with Gasteiger partial charge in [-0.2, -0.15) is 0 Å². The summed E-state index contributed by atoms with van der Waals surface area (Å²) < 4.78 is 2.23. The van der Waals surface area contributed by atoms with E-state index in [2.05, 4.69) is 47.2 Å². The van der Waals surface area contributed by atoms with Crippen molar-refractivity contribution in [2.24, 2.45) is 0 Å². The van der Waals surface area contributed by atoms with E-state index in [1.165, 1.54) is 12.0 Å². The molecule has 2 aromatic rings. The maximum absolute atomic E-state index is 13.4. The van der Waals surface area contributed by atoms with Gasteiger partial charge in [-0.25, -0.2) is 0 Å². The highest BCUT2D eigenvalue weighted by Gasteiger charge is 2.35. The van der Waals surface area contributed by atoms with Gasteiger partial charge in [0.1, 0.15) is 6.54 Å². The lowest BCUT2D eigenvalue weighted by atomic mass is 9.94. The number of aromatic nitrogens is 1. The van der Waals surface area contributed by atoms with Gasteiger partial charge < -0.3 is 14.4 Å². The molecule has 0 unspecified atom stereocenters. The maximum atomic E-state index is 13.4. The lowest BCUT2D eigenvalue weighted by molar-refractivity contribution is -0.143. The summed E-state index contributed by atoms with van der Waals surface area (Å²) in [6.07, 6.45) is 10.3. The first-order chi connectivity index (χ1) is 15.2. The lowest BCUT2D eigenvalue weighted by Crippen LogP contribution is -2.48. The van der Waals surface area contributed by atoms with Crippen LogP contribution in [0, 0.1) is 0 Å². The Morgan fingerprint density at radius 1 is 0.871 bits per heavy atom. The Kier molecular flexibility index (Phi) is 7.10. The van der Waals surface area contributed by atoms with Crippen LogP contribution in [0.25, 0.3) is 0 Å². The lowest BCUT2D eigenvalue weighted by Gasteiger charge is -2.35. The summed E-state index contributed by atoms with van der Waals surface area (Å²) in [4.78, 5) is 30.0. The van der Waals surface area contributed by atoms with Crippen LogP contribution in [0.4, 0.5) is 0 Å². The Labute approximate surface area is 186 Å². The van der Waals surface area contributed by atoms with Crippen LogP contribution in [0.5, 0.6) is 0 Å². The van der Waals surface area contributed by atoms with Crippen molar-refractivity contribution >= 4 is 11.8 Å². The van der Waals surface area contributed by atoms with Crippen LogP contribution in [0.1, 0.15) is 69.5 Å². The second-order valence-corrected chi connectivity index (χ2v) is 9.03. The number of benzene rings is 1. The molecule has 0 radical (unpaired) electrons.